The van der Waals surface area contributed by atoms with Gasteiger partial charge < -0.3 is 10.2 Å². The summed E-state index contributed by atoms with van der Waals surface area (Å²) in [6.07, 6.45) is 4.34. The number of hydrogen-bond acceptors (Lipinski definition) is 3. The first kappa shape index (κ1) is 18.5. The van der Waals surface area contributed by atoms with E-state index in [2.05, 4.69) is 18.8 Å². The van der Waals surface area contributed by atoms with E-state index in [0.29, 0.717) is 31.8 Å². The van der Waals surface area contributed by atoms with Gasteiger partial charge in [-0.05, 0) is 45.4 Å². The molecule has 2 rings (SSSR count). The van der Waals surface area contributed by atoms with Crippen molar-refractivity contribution in [2.75, 3.05) is 19.6 Å². The molecule has 1 aliphatic carbocycles. The van der Waals surface area contributed by atoms with Crippen molar-refractivity contribution in [2.24, 2.45) is 5.92 Å². The maximum absolute atomic E-state index is 12.8. The van der Waals surface area contributed by atoms with E-state index in [0.717, 1.165) is 29.7 Å². The molecule has 0 aromatic heterocycles. The minimum absolute atomic E-state index is 0.190. The van der Waals surface area contributed by atoms with Gasteiger partial charge in [-0.3, -0.25) is 14.5 Å². The van der Waals surface area contributed by atoms with Crippen LogP contribution in [0.2, 0.25) is 0 Å². The Morgan fingerprint density at radius 1 is 1.33 bits per heavy atom. The van der Waals surface area contributed by atoms with Gasteiger partial charge in [0.05, 0.1) is 0 Å². The van der Waals surface area contributed by atoms with Gasteiger partial charge in [-0.15, -0.1) is 0 Å². The molecular weight excluding hydrogens is 306 g/mol. The average Bonchev–Trinajstić information content (AvgIpc) is 2.77. The molecule has 1 heterocycles. The molecule has 0 atom stereocenters. The molecule has 1 spiro atoms. The molecule has 2 fully saturated rings. The normalized spacial score (nSPS) is 26.6. The van der Waals surface area contributed by atoms with Crippen molar-refractivity contribution >= 4 is 17.8 Å². The molecule has 6 heteroatoms. The molecule has 0 bridgehead atoms. The lowest BCUT2D eigenvalue weighted by molar-refractivity contribution is -0.139. The summed E-state index contributed by atoms with van der Waals surface area (Å²) < 4.78 is 0. The molecule has 1 saturated heterocycles. The summed E-state index contributed by atoms with van der Waals surface area (Å²) in [4.78, 5) is 40.2. The number of hydrogen-bond donors (Lipinski definition) is 1. The number of urea groups is 1. The van der Waals surface area contributed by atoms with Crippen LogP contribution in [0.1, 0.15) is 52.9 Å². The maximum Gasteiger partial charge on any atom is 0.325 e. The molecule has 1 N–H and O–H groups in total. The number of amides is 4. The minimum atomic E-state index is -0.783. The van der Waals surface area contributed by atoms with Crippen LogP contribution in [-0.2, 0) is 9.59 Å². The highest BCUT2D eigenvalue weighted by molar-refractivity contribution is 6.09. The van der Waals surface area contributed by atoms with Crippen LogP contribution >= 0.6 is 0 Å². The molecule has 0 radical (unpaired) electrons. The zero-order valence-corrected chi connectivity index (χ0v) is 15.1. The summed E-state index contributed by atoms with van der Waals surface area (Å²) in [7, 11) is 0. The standard InChI is InChI=1S/C18H29N3O3/c1-5-14-7-9-18(10-8-14)16(23)21(17(24)19-18)12-15(22)20(6-2)11-13(3)4/h14H,3,5-12H2,1-2,4H3,(H,19,24). The Labute approximate surface area is 144 Å². The summed E-state index contributed by atoms with van der Waals surface area (Å²) >= 11 is 0. The zero-order valence-electron chi connectivity index (χ0n) is 15.1. The second kappa shape index (κ2) is 7.36. The number of carbonyl (C=O) groups is 3. The topological polar surface area (TPSA) is 69.7 Å². The third-order valence-corrected chi connectivity index (χ3v) is 5.27. The summed E-state index contributed by atoms with van der Waals surface area (Å²) in [5.41, 5.74) is 0.0887. The third kappa shape index (κ3) is 3.62. The van der Waals surface area contributed by atoms with Crippen molar-refractivity contribution in [3.8, 4) is 0 Å². The van der Waals surface area contributed by atoms with Crippen LogP contribution in [0.5, 0.6) is 0 Å². The van der Waals surface area contributed by atoms with Crippen molar-refractivity contribution in [3.63, 3.8) is 0 Å². The number of carbonyl (C=O) groups excluding carboxylic acids is 3. The molecular formula is C18H29N3O3. The second-order valence-electron chi connectivity index (χ2n) is 7.12. The van der Waals surface area contributed by atoms with Crippen molar-refractivity contribution in [2.45, 2.75) is 58.4 Å². The summed E-state index contributed by atoms with van der Waals surface area (Å²) in [6.45, 7) is 10.5. The van der Waals surface area contributed by atoms with Crippen molar-refractivity contribution < 1.29 is 14.4 Å². The number of nitrogens with one attached hydrogen (secondary N) is 1. The monoisotopic (exact) mass is 335 g/mol. The fraction of sp³-hybridized carbons (Fsp3) is 0.722. The van der Waals surface area contributed by atoms with Gasteiger partial charge in [0, 0.05) is 13.1 Å². The third-order valence-electron chi connectivity index (χ3n) is 5.27. The van der Waals surface area contributed by atoms with E-state index in [4.69, 9.17) is 0 Å². The molecule has 1 saturated carbocycles. The largest absolute Gasteiger partial charge is 0.337 e. The SMILES string of the molecule is C=C(C)CN(CC)C(=O)CN1C(=O)NC2(CCC(CC)CC2)C1=O. The highest BCUT2D eigenvalue weighted by Crippen LogP contribution is 2.37. The fourth-order valence-electron chi connectivity index (χ4n) is 3.67. The van der Waals surface area contributed by atoms with Gasteiger partial charge in [0.2, 0.25) is 5.91 Å². The van der Waals surface area contributed by atoms with Gasteiger partial charge >= 0.3 is 6.03 Å². The number of imide groups is 1. The van der Waals surface area contributed by atoms with E-state index >= 15 is 0 Å². The molecule has 0 unspecified atom stereocenters. The lowest BCUT2D eigenvalue weighted by Crippen LogP contribution is -2.50. The van der Waals surface area contributed by atoms with Gasteiger partial charge in [-0.1, -0.05) is 25.5 Å². The highest BCUT2D eigenvalue weighted by atomic mass is 16.2. The Bertz CT molecular complexity index is 536. The maximum atomic E-state index is 12.8. The minimum Gasteiger partial charge on any atom is -0.337 e. The fourth-order valence-corrected chi connectivity index (χ4v) is 3.67. The van der Waals surface area contributed by atoms with Crippen LogP contribution < -0.4 is 5.32 Å². The van der Waals surface area contributed by atoms with Gasteiger partial charge in [0.25, 0.3) is 5.91 Å². The highest BCUT2D eigenvalue weighted by Gasteiger charge is 2.52. The quantitative estimate of drug-likeness (QED) is 0.598. The lowest BCUT2D eigenvalue weighted by Gasteiger charge is -2.34. The van der Waals surface area contributed by atoms with Crippen LogP contribution in [0.4, 0.5) is 4.79 Å². The lowest BCUT2D eigenvalue weighted by atomic mass is 9.75. The molecule has 134 valence electrons. The number of rotatable bonds is 6. The Morgan fingerprint density at radius 2 is 1.96 bits per heavy atom. The van der Waals surface area contributed by atoms with Crippen molar-refractivity contribution in [1.82, 2.24) is 15.1 Å². The molecule has 6 nitrogen and oxygen atoms in total. The Morgan fingerprint density at radius 3 is 2.46 bits per heavy atom. The second-order valence-corrected chi connectivity index (χ2v) is 7.12. The van der Waals surface area contributed by atoms with E-state index in [9.17, 15) is 14.4 Å². The van der Waals surface area contributed by atoms with E-state index in [1.54, 1.807) is 4.90 Å². The molecule has 0 aromatic carbocycles. The van der Waals surface area contributed by atoms with E-state index in [1.165, 1.54) is 0 Å². The van der Waals surface area contributed by atoms with Crippen molar-refractivity contribution in [1.29, 1.82) is 0 Å². The van der Waals surface area contributed by atoms with Gasteiger partial charge in [0.15, 0.2) is 0 Å². The van der Waals surface area contributed by atoms with Gasteiger partial charge in [0.1, 0.15) is 12.1 Å². The molecule has 24 heavy (non-hydrogen) atoms. The van der Waals surface area contributed by atoms with E-state index in [-0.39, 0.29) is 18.4 Å². The molecule has 4 amide bonds. The molecule has 1 aliphatic heterocycles. The van der Waals surface area contributed by atoms with Crippen LogP contribution in [-0.4, -0.2) is 52.8 Å². The summed E-state index contributed by atoms with van der Waals surface area (Å²) in [6, 6.07) is -0.435. The van der Waals surface area contributed by atoms with Gasteiger partial charge in [-0.25, -0.2) is 4.79 Å². The van der Waals surface area contributed by atoms with Gasteiger partial charge in [-0.2, -0.15) is 0 Å². The Hall–Kier alpha value is -1.85. The first-order chi connectivity index (χ1) is 11.3. The molecule has 2 aliphatic rings. The first-order valence-corrected chi connectivity index (χ1v) is 8.89. The molecule has 0 aromatic rings. The average molecular weight is 335 g/mol. The Kier molecular flexibility index (Phi) is 5.67. The van der Waals surface area contributed by atoms with Crippen molar-refractivity contribution in [3.05, 3.63) is 12.2 Å². The predicted octanol–water partition coefficient (Wildman–Crippen LogP) is 2.30. The number of nitrogens with zero attached hydrogens (tertiary/aromatic N) is 2. The van der Waals surface area contributed by atoms with Crippen LogP contribution in [0.15, 0.2) is 12.2 Å². The Balaban J connectivity index is 2.04. The first-order valence-electron chi connectivity index (χ1n) is 8.89. The van der Waals surface area contributed by atoms with Crippen LogP contribution in [0.25, 0.3) is 0 Å². The summed E-state index contributed by atoms with van der Waals surface area (Å²) in [5, 5.41) is 2.87. The summed E-state index contributed by atoms with van der Waals surface area (Å²) in [5.74, 6) is 0.173. The van der Waals surface area contributed by atoms with Crippen LogP contribution in [0, 0.1) is 5.92 Å². The smallest absolute Gasteiger partial charge is 0.325 e. The van der Waals surface area contributed by atoms with E-state index < -0.39 is 11.6 Å². The van der Waals surface area contributed by atoms with Crippen LogP contribution in [0.3, 0.4) is 0 Å². The predicted molar refractivity (Wildman–Crippen MR) is 92.3 cm³/mol. The zero-order chi connectivity index (χ0) is 17.9. The van der Waals surface area contributed by atoms with E-state index in [1.807, 2.05) is 13.8 Å². The number of likely N-dealkylation sites (N-methyl/N-ethyl adjacent to an activating group) is 1.